The molecule has 0 spiro atoms. The summed E-state index contributed by atoms with van der Waals surface area (Å²) in [6.07, 6.45) is 1.29. The van der Waals surface area contributed by atoms with Crippen LogP contribution in [0.1, 0.15) is 35.1 Å². The molecule has 3 rings (SSSR count). The van der Waals surface area contributed by atoms with Crippen LogP contribution in [0.5, 0.6) is 5.75 Å². The summed E-state index contributed by atoms with van der Waals surface area (Å²) in [5, 5.41) is 5.05. The molecule has 0 saturated carbocycles. The molecule has 0 fully saturated rings. The SMILES string of the molecule is C.C.CCC(C)Oc1ccc2cc3ccccc3cc2c1. The van der Waals surface area contributed by atoms with E-state index < -0.39 is 0 Å². The lowest BCUT2D eigenvalue weighted by Gasteiger charge is -2.13. The zero-order chi connectivity index (χ0) is 13.2. The van der Waals surface area contributed by atoms with Crippen LogP contribution in [0, 0.1) is 0 Å². The normalized spacial score (nSPS) is 11.5. The molecule has 0 aliphatic rings. The fourth-order valence-corrected chi connectivity index (χ4v) is 2.31. The number of fused-ring (bicyclic) bond motifs is 2. The molecule has 3 aromatic rings. The smallest absolute Gasteiger partial charge is 0.120 e. The van der Waals surface area contributed by atoms with Gasteiger partial charge in [0.15, 0.2) is 0 Å². The molecule has 1 heteroatoms. The van der Waals surface area contributed by atoms with E-state index in [0.29, 0.717) is 0 Å². The van der Waals surface area contributed by atoms with Crippen LogP contribution in [-0.4, -0.2) is 6.10 Å². The van der Waals surface area contributed by atoms with E-state index >= 15 is 0 Å². The number of rotatable bonds is 3. The van der Waals surface area contributed by atoms with Gasteiger partial charge in [0.05, 0.1) is 6.10 Å². The lowest BCUT2D eigenvalue weighted by atomic mass is 10.0. The molecule has 0 aromatic heterocycles. The van der Waals surface area contributed by atoms with Gasteiger partial charge in [0, 0.05) is 0 Å². The second kappa shape index (κ2) is 7.12. The number of hydrogen-bond donors (Lipinski definition) is 0. The van der Waals surface area contributed by atoms with Crippen LogP contribution in [0.15, 0.2) is 54.6 Å². The molecule has 1 unspecified atom stereocenters. The standard InChI is InChI=1S/C18H18O.2CH4/c1-3-13(2)19-18-9-8-16-10-14-6-4-5-7-15(14)11-17(16)12-18;;/h4-13H,3H2,1-2H3;2*1H4. The third-order valence-corrected chi connectivity index (χ3v) is 3.59. The van der Waals surface area contributed by atoms with E-state index in [1.165, 1.54) is 21.5 Å². The van der Waals surface area contributed by atoms with Crippen LogP contribution in [0.3, 0.4) is 0 Å². The van der Waals surface area contributed by atoms with Gasteiger partial charge in [-0.3, -0.25) is 0 Å². The Morgan fingerprint density at radius 2 is 1.38 bits per heavy atom. The molecule has 0 aliphatic carbocycles. The van der Waals surface area contributed by atoms with Gasteiger partial charge in [-0.05, 0) is 59.2 Å². The zero-order valence-corrected chi connectivity index (χ0v) is 11.4. The summed E-state index contributed by atoms with van der Waals surface area (Å²) in [4.78, 5) is 0. The molecular formula is C20H26O. The molecule has 0 N–H and O–H groups in total. The quantitative estimate of drug-likeness (QED) is 0.502. The highest BCUT2D eigenvalue weighted by atomic mass is 16.5. The van der Waals surface area contributed by atoms with Crippen molar-refractivity contribution in [1.29, 1.82) is 0 Å². The Kier molecular flexibility index (Phi) is 5.78. The van der Waals surface area contributed by atoms with Crippen molar-refractivity contribution in [2.24, 2.45) is 0 Å². The minimum Gasteiger partial charge on any atom is -0.491 e. The van der Waals surface area contributed by atoms with Gasteiger partial charge in [-0.25, -0.2) is 0 Å². The lowest BCUT2D eigenvalue weighted by Crippen LogP contribution is -2.09. The third-order valence-electron chi connectivity index (χ3n) is 3.59. The maximum Gasteiger partial charge on any atom is 0.120 e. The third kappa shape index (κ3) is 3.55. The van der Waals surface area contributed by atoms with Crippen molar-refractivity contribution in [3.63, 3.8) is 0 Å². The Morgan fingerprint density at radius 1 is 0.810 bits per heavy atom. The van der Waals surface area contributed by atoms with Gasteiger partial charge in [0.1, 0.15) is 5.75 Å². The van der Waals surface area contributed by atoms with Gasteiger partial charge >= 0.3 is 0 Å². The first kappa shape index (κ1) is 17.0. The second-order valence-corrected chi connectivity index (χ2v) is 5.05. The molecule has 0 radical (unpaired) electrons. The fraction of sp³-hybridized carbons (Fsp3) is 0.300. The van der Waals surface area contributed by atoms with Gasteiger partial charge in [-0.15, -0.1) is 0 Å². The summed E-state index contributed by atoms with van der Waals surface area (Å²) in [7, 11) is 0. The second-order valence-electron chi connectivity index (χ2n) is 5.05. The number of hydrogen-bond acceptors (Lipinski definition) is 1. The Bertz CT molecular complexity index is 715. The summed E-state index contributed by atoms with van der Waals surface area (Å²) in [5.74, 6) is 0.956. The average Bonchev–Trinajstić information content (AvgIpc) is 2.45. The van der Waals surface area contributed by atoms with Crippen molar-refractivity contribution in [2.75, 3.05) is 0 Å². The van der Waals surface area contributed by atoms with E-state index in [2.05, 4.69) is 68.4 Å². The molecule has 0 bridgehead atoms. The van der Waals surface area contributed by atoms with Crippen molar-refractivity contribution in [3.8, 4) is 5.75 Å². The molecule has 0 saturated heterocycles. The van der Waals surface area contributed by atoms with E-state index in [-0.39, 0.29) is 21.0 Å². The van der Waals surface area contributed by atoms with Crippen molar-refractivity contribution >= 4 is 21.5 Å². The highest BCUT2D eigenvalue weighted by Crippen LogP contribution is 2.26. The van der Waals surface area contributed by atoms with Crippen LogP contribution in [0.2, 0.25) is 0 Å². The number of ether oxygens (including phenoxy) is 1. The maximum atomic E-state index is 5.88. The Morgan fingerprint density at radius 3 is 2.00 bits per heavy atom. The zero-order valence-electron chi connectivity index (χ0n) is 11.4. The molecule has 0 heterocycles. The molecule has 21 heavy (non-hydrogen) atoms. The van der Waals surface area contributed by atoms with E-state index in [4.69, 9.17) is 4.74 Å². The van der Waals surface area contributed by atoms with Gasteiger partial charge in [-0.1, -0.05) is 52.1 Å². The van der Waals surface area contributed by atoms with E-state index in [1.807, 2.05) is 0 Å². The van der Waals surface area contributed by atoms with Gasteiger partial charge in [0.2, 0.25) is 0 Å². The van der Waals surface area contributed by atoms with Gasteiger partial charge in [-0.2, -0.15) is 0 Å². The largest absolute Gasteiger partial charge is 0.491 e. The predicted molar refractivity (Wildman–Crippen MR) is 95.3 cm³/mol. The Hall–Kier alpha value is -2.02. The summed E-state index contributed by atoms with van der Waals surface area (Å²) in [6.45, 7) is 4.24. The van der Waals surface area contributed by atoms with E-state index in [9.17, 15) is 0 Å². The summed E-state index contributed by atoms with van der Waals surface area (Å²) >= 11 is 0. The van der Waals surface area contributed by atoms with Crippen LogP contribution in [0.25, 0.3) is 21.5 Å². The highest BCUT2D eigenvalue weighted by Gasteiger charge is 2.03. The van der Waals surface area contributed by atoms with Crippen molar-refractivity contribution in [2.45, 2.75) is 41.2 Å². The molecule has 0 amide bonds. The van der Waals surface area contributed by atoms with Crippen LogP contribution < -0.4 is 4.74 Å². The van der Waals surface area contributed by atoms with Crippen molar-refractivity contribution in [1.82, 2.24) is 0 Å². The lowest BCUT2D eigenvalue weighted by molar-refractivity contribution is 0.218. The van der Waals surface area contributed by atoms with Crippen molar-refractivity contribution in [3.05, 3.63) is 54.6 Å². The van der Waals surface area contributed by atoms with E-state index in [1.54, 1.807) is 0 Å². The minimum atomic E-state index is 0. The average molecular weight is 282 g/mol. The Labute approximate surface area is 128 Å². The molecule has 1 nitrogen and oxygen atoms in total. The molecule has 112 valence electrons. The first-order valence-electron chi connectivity index (χ1n) is 6.85. The topological polar surface area (TPSA) is 9.23 Å². The molecule has 1 atom stereocenters. The molecule has 0 aliphatic heterocycles. The van der Waals surface area contributed by atoms with Crippen LogP contribution >= 0.6 is 0 Å². The van der Waals surface area contributed by atoms with Gasteiger partial charge < -0.3 is 4.74 Å². The first-order valence-corrected chi connectivity index (χ1v) is 6.85. The molecular weight excluding hydrogens is 256 g/mol. The minimum absolute atomic E-state index is 0. The molecule has 3 aromatic carbocycles. The Balaban J connectivity index is 0.00000110. The monoisotopic (exact) mass is 282 g/mol. The maximum absolute atomic E-state index is 5.88. The fourth-order valence-electron chi connectivity index (χ4n) is 2.31. The summed E-state index contributed by atoms with van der Waals surface area (Å²) in [6, 6.07) is 19.3. The van der Waals surface area contributed by atoms with Crippen LogP contribution in [-0.2, 0) is 0 Å². The van der Waals surface area contributed by atoms with Gasteiger partial charge in [0.25, 0.3) is 0 Å². The number of benzene rings is 3. The summed E-state index contributed by atoms with van der Waals surface area (Å²) in [5.41, 5.74) is 0. The van der Waals surface area contributed by atoms with E-state index in [0.717, 1.165) is 12.2 Å². The van der Waals surface area contributed by atoms with Crippen molar-refractivity contribution < 1.29 is 4.74 Å². The summed E-state index contributed by atoms with van der Waals surface area (Å²) < 4.78 is 5.88. The predicted octanol–water partition coefficient (Wildman–Crippen LogP) is 6.44. The van der Waals surface area contributed by atoms with Crippen LogP contribution in [0.4, 0.5) is 0 Å². The first-order chi connectivity index (χ1) is 9.26. The highest BCUT2D eigenvalue weighted by molar-refractivity contribution is 5.98.